The predicted octanol–water partition coefficient (Wildman–Crippen LogP) is 3.43. The minimum atomic E-state index is -0.117. The zero-order chi connectivity index (χ0) is 14.9. The SMILES string of the molecule is CC(/C=C\c1ccccc1)=N/NC(=O)Cc1ccccc1. The van der Waals surface area contributed by atoms with Gasteiger partial charge in [0.05, 0.1) is 12.1 Å². The molecule has 0 saturated heterocycles. The Kier molecular flexibility index (Phi) is 5.47. The van der Waals surface area contributed by atoms with Gasteiger partial charge >= 0.3 is 0 Å². The highest BCUT2D eigenvalue weighted by atomic mass is 16.2. The van der Waals surface area contributed by atoms with Crippen LogP contribution in [0.5, 0.6) is 0 Å². The van der Waals surface area contributed by atoms with E-state index in [9.17, 15) is 4.79 Å². The molecule has 0 radical (unpaired) electrons. The summed E-state index contributed by atoms with van der Waals surface area (Å²) in [5, 5.41) is 4.07. The second-order valence-corrected chi connectivity index (χ2v) is 4.69. The van der Waals surface area contributed by atoms with Crippen LogP contribution in [0.15, 0.2) is 71.8 Å². The number of nitrogens with one attached hydrogen (secondary N) is 1. The molecule has 21 heavy (non-hydrogen) atoms. The van der Waals surface area contributed by atoms with Crippen molar-refractivity contribution in [2.45, 2.75) is 13.3 Å². The van der Waals surface area contributed by atoms with Gasteiger partial charge in [-0.05, 0) is 24.1 Å². The lowest BCUT2D eigenvalue weighted by Crippen LogP contribution is -2.20. The molecule has 106 valence electrons. The third kappa shape index (κ3) is 5.45. The van der Waals surface area contributed by atoms with Crippen LogP contribution in [0.4, 0.5) is 0 Å². The lowest BCUT2D eigenvalue weighted by Gasteiger charge is -2.00. The minimum Gasteiger partial charge on any atom is -0.273 e. The Morgan fingerprint density at radius 3 is 2.33 bits per heavy atom. The highest BCUT2D eigenvalue weighted by Crippen LogP contribution is 2.01. The molecule has 0 spiro atoms. The number of carbonyl (C=O) groups is 1. The van der Waals surface area contributed by atoms with Crippen LogP contribution in [0.1, 0.15) is 18.1 Å². The Hall–Kier alpha value is -2.68. The van der Waals surface area contributed by atoms with E-state index in [1.165, 1.54) is 0 Å². The number of amides is 1. The summed E-state index contributed by atoms with van der Waals surface area (Å²) >= 11 is 0. The molecule has 0 aliphatic rings. The van der Waals surface area contributed by atoms with Gasteiger partial charge < -0.3 is 0 Å². The summed E-state index contributed by atoms with van der Waals surface area (Å²) in [5.41, 5.74) is 5.39. The van der Waals surface area contributed by atoms with E-state index < -0.39 is 0 Å². The fraction of sp³-hybridized carbons (Fsp3) is 0.111. The van der Waals surface area contributed by atoms with E-state index in [1.807, 2.05) is 79.7 Å². The van der Waals surface area contributed by atoms with Crippen LogP contribution < -0.4 is 5.43 Å². The first kappa shape index (κ1) is 14.7. The first-order valence-electron chi connectivity index (χ1n) is 6.84. The Bertz CT molecular complexity index is 631. The van der Waals surface area contributed by atoms with Gasteiger partial charge in [-0.1, -0.05) is 66.7 Å². The summed E-state index contributed by atoms with van der Waals surface area (Å²) in [7, 11) is 0. The van der Waals surface area contributed by atoms with E-state index in [-0.39, 0.29) is 5.91 Å². The van der Waals surface area contributed by atoms with E-state index in [0.29, 0.717) is 6.42 Å². The zero-order valence-corrected chi connectivity index (χ0v) is 12.0. The molecule has 1 amide bonds. The topological polar surface area (TPSA) is 41.5 Å². The summed E-state index contributed by atoms with van der Waals surface area (Å²) in [6.07, 6.45) is 4.17. The molecule has 0 bridgehead atoms. The third-order valence-electron chi connectivity index (χ3n) is 2.88. The molecule has 3 heteroatoms. The van der Waals surface area contributed by atoms with Crippen molar-refractivity contribution in [2.24, 2.45) is 5.10 Å². The van der Waals surface area contributed by atoms with Gasteiger partial charge in [0.15, 0.2) is 0 Å². The normalized spacial score (nSPS) is 11.6. The van der Waals surface area contributed by atoms with E-state index >= 15 is 0 Å². The number of hydrogen-bond acceptors (Lipinski definition) is 2. The fourth-order valence-corrected chi connectivity index (χ4v) is 1.79. The van der Waals surface area contributed by atoms with Gasteiger partial charge in [-0.15, -0.1) is 0 Å². The Morgan fingerprint density at radius 1 is 1.05 bits per heavy atom. The van der Waals surface area contributed by atoms with E-state index in [4.69, 9.17) is 0 Å². The molecule has 2 aromatic carbocycles. The molecule has 0 fully saturated rings. The summed E-state index contributed by atoms with van der Waals surface area (Å²) in [6, 6.07) is 19.6. The molecule has 0 unspecified atom stereocenters. The molecule has 1 N–H and O–H groups in total. The molecule has 3 nitrogen and oxygen atoms in total. The first-order valence-corrected chi connectivity index (χ1v) is 6.84. The number of allylic oxidation sites excluding steroid dienone is 1. The first-order chi connectivity index (χ1) is 10.2. The van der Waals surface area contributed by atoms with Crippen LogP contribution in [0, 0.1) is 0 Å². The number of benzene rings is 2. The molecule has 0 aliphatic heterocycles. The third-order valence-corrected chi connectivity index (χ3v) is 2.88. The maximum atomic E-state index is 11.7. The summed E-state index contributed by atoms with van der Waals surface area (Å²) in [5.74, 6) is -0.117. The smallest absolute Gasteiger partial charge is 0.244 e. The molecule has 2 aromatic rings. The molecule has 2 rings (SSSR count). The highest BCUT2D eigenvalue weighted by Gasteiger charge is 2.00. The molecular formula is C18H18N2O. The number of carbonyl (C=O) groups excluding carboxylic acids is 1. The van der Waals surface area contributed by atoms with Crippen LogP contribution in [0.3, 0.4) is 0 Å². The Balaban J connectivity index is 1.85. The van der Waals surface area contributed by atoms with Crippen molar-refractivity contribution in [1.29, 1.82) is 0 Å². The second-order valence-electron chi connectivity index (χ2n) is 4.69. The standard InChI is InChI=1S/C18H18N2O/c1-15(12-13-16-8-4-2-5-9-16)19-20-18(21)14-17-10-6-3-7-11-17/h2-13H,14H2,1H3,(H,20,21)/b13-12-,19-15-. The van der Waals surface area contributed by atoms with Crippen LogP contribution in [-0.4, -0.2) is 11.6 Å². The van der Waals surface area contributed by atoms with Gasteiger partial charge in [0, 0.05) is 0 Å². The average molecular weight is 278 g/mol. The summed E-state index contributed by atoms with van der Waals surface area (Å²) in [4.78, 5) is 11.7. The molecule has 0 heterocycles. The maximum Gasteiger partial charge on any atom is 0.244 e. The van der Waals surface area contributed by atoms with Crippen molar-refractivity contribution in [3.8, 4) is 0 Å². The van der Waals surface area contributed by atoms with Crippen LogP contribution in [0.2, 0.25) is 0 Å². The average Bonchev–Trinajstić information content (AvgIpc) is 2.53. The highest BCUT2D eigenvalue weighted by molar-refractivity contribution is 5.97. The Morgan fingerprint density at radius 2 is 1.67 bits per heavy atom. The van der Waals surface area contributed by atoms with Crippen molar-refractivity contribution < 1.29 is 4.79 Å². The van der Waals surface area contributed by atoms with Gasteiger partial charge in [-0.3, -0.25) is 4.79 Å². The molecule has 0 aliphatic carbocycles. The number of nitrogens with zero attached hydrogens (tertiary/aromatic N) is 1. The number of rotatable bonds is 5. The van der Waals surface area contributed by atoms with Crippen LogP contribution in [0.25, 0.3) is 6.08 Å². The molecule has 0 saturated carbocycles. The summed E-state index contributed by atoms with van der Waals surface area (Å²) in [6.45, 7) is 1.85. The number of hydrogen-bond donors (Lipinski definition) is 1. The van der Waals surface area contributed by atoms with Gasteiger partial charge in [0.2, 0.25) is 5.91 Å². The second kappa shape index (κ2) is 7.80. The van der Waals surface area contributed by atoms with Gasteiger partial charge in [-0.2, -0.15) is 5.10 Å². The zero-order valence-electron chi connectivity index (χ0n) is 12.0. The van der Waals surface area contributed by atoms with Crippen LogP contribution >= 0.6 is 0 Å². The van der Waals surface area contributed by atoms with E-state index in [2.05, 4.69) is 10.5 Å². The quantitative estimate of drug-likeness (QED) is 0.660. The maximum absolute atomic E-state index is 11.7. The van der Waals surface area contributed by atoms with Crippen molar-refractivity contribution in [1.82, 2.24) is 5.43 Å². The van der Waals surface area contributed by atoms with Crippen molar-refractivity contribution >= 4 is 17.7 Å². The van der Waals surface area contributed by atoms with Gasteiger partial charge in [0.1, 0.15) is 0 Å². The lowest BCUT2D eigenvalue weighted by atomic mass is 10.1. The predicted molar refractivity (Wildman–Crippen MR) is 86.9 cm³/mol. The Labute approximate surface area is 125 Å². The van der Waals surface area contributed by atoms with E-state index in [1.54, 1.807) is 0 Å². The summed E-state index contributed by atoms with van der Waals surface area (Å²) < 4.78 is 0. The lowest BCUT2D eigenvalue weighted by molar-refractivity contribution is -0.120. The van der Waals surface area contributed by atoms with Gasteiger partial charge in [-0.25, -0.2) is 5.43 Å². The molecular weight excluding hydrogens is 260 g/mol. The van der Waals surface area contributed by atoms with Crippen molar-refractivity contribution in [2.75, 3.05) is 0 Å². The number of hydrazone groups is 1. The van der Waals surface area contributed by atoms with Gasteiger partial charge in [0.25, 0.3) is 0 Å². The van der Waals surface area contributed by atoms with Crippen LogP contribution in [-0.2, 0) is 11.2 Å². The van der Waals surface area contributed by atoms with E-state index in [0.717, 1.165) is 16.8 Å². The minimum absolute atomic E-state index is 0.117. The van der Waals surface area contributed by atoms with Crippen molar-refractivity contribution in [3.63, 3.8) is 0 Å². The van der Waals surface area contributed by atoms with Crippen molar-refractivity contribution in [3.05, 3.63) is 77.9 Å². The molecule has 0 atom stereocenters. The fourth-order valence-electron chi connectivity index (χ4n) is 1.79. The molecule has 0 aromatic heterocycles. The largest absolute Gasteiger partial charge is 0.273 e. The monoisotopic (exact) mass is 278 g/mol.